The second-order valence-corrected chi connectivity index (χ2v) is 6.60. The third-order valence-electron chi connectivity index (χ3n) is 4.51. The Kier molecular flexibility index (Phi) is 8.02. The number of aryl methyl sites for hydroxylation is 1. The van der Waals surface area contributed by atoms with Crippen LogP contribution in [0.2, 0.25) is 0 Å². The number of hydrogen-bond donors (Lipinski definition) is 0. The van der Waals surface area contributed by atoms with Gasteiger partial charge in [-0.05, 0) is 42.5 Å². The third kappa shape index (κ3) is 6.74. The largest absolute Gasteiger partial charge is 0.494 e. The summed E-state index contributed by atoms with van der Waals surface area (Å²) < 4.78 is 45.8. The summed E-state index contributed by atoms with van der Waals surface area (Å²) in [7, 11) is 0. The minimum Gasteiger partial charge on any atom is -0.494 e. The van der Waals surface area contributed by atoms with Gasteiger partial charge in [-0.1, -0.05) is 68.7 Å². The maximum absolute atomic E-state index is 13.4. The fraction of sp³-hybridized carbons (Fsp3) is 0.455. The van der Waals surface area contributed by atoms with E-state index in [-0.39, 0.29) is 6.42 Å². The second-order valence-electron chi connectivity index (χ2n) is 6.60. The van der Waals surface area contributed by atoms with E-state index in [2.05, 4.69) is 6.92 Å². The van der Waals surface area contributed by atoms with E-state index in [0.717, 1.165) is 24.2 Å². The van der Waals surface area contributed by atoms with Crippen LogP contribution in [0, 0.1) is 0 Å². The van der Waals surface area contributed by atoms with E-state index < -0.39 is 12.1 Å². The summed E-state index contributed by atoms with van der Waals surface area (Å²) in [5.74, 6) is -0.654. The highest BCUT2D eigenvalue weighted by molar-refractivity contribution is 5.28. The zero-order chi connectivity index (χ0) is 18.8. The third-order valence-corrected chi connectivity index (χ3v) is 4.51. The normalized spacial score (nSPS) is 12.8. The van der Waals surface area contributed by atoms with Gasteiger partial charge in [-0.3, -0.25) is 0 Å². The Labute approximate surface area is 154 Å². The Balaban J connectivity index is 1.87. The quantitative estimate of drug-likeness (QED) is 0.416. The molecule has 1 unspecified atom stereocenters. The van der Waals surface area contributed by atoms with Crippen LogP contribution in [0.1, 0.15) is 56.1 Å². The lowest BCUT2D eigenvalue weighted by atomic mass is 9.92. The molecule has 0 saturated heterocycles. The number of unbranched alkanes of at least 4 members (excludes halogenated alkanes) is 3. The summed E-state index contributed by atoms with van der Waals surface area (Å²) in [4.78, 5) is 0. The molecule has 0 radical (unpaired) electrons. The van der Waals surface area contributed by atoms with Crippen LogP contribution >= 0.6 is 0 Å². The van der Waals surface area contributed by atoms with Gasteiger partial charge in [0, 0.05) is 0 Å². The van der Waals surface area contributed by atoms with Gasteiger partial charge < -0.3 is 4.74 Å². The van der Waals surface area contributed by atoms with Crippen molar-refractivity contribution in [1.29, 1.82) is 0 Å². The Morgan fingerprint density at radius 2 is 1.58 bits per heavy atom. The fourth-order valence-corrected chi connectivity index (χ4v) is 2.99. The topological polar surface area (TPSA) is 9.23 Å². The molecule has 2 rings (SSSR count). The van der Waals surface area contributed by atoms with Crippen LogP contribution in [0.15, 0.2) is 54.6 Å². The van der Waals surface area contributed by atoms with Crippen LogP contribution < -0.4 is 4.74 Å². The summed E-state index contributed by atoms with van der Waals surface area (Å²) >= 11 is 0. The van der Waals surface area contributed by atoms with Crippen LogP contribution in [-0.4, -0.2) is 12.8 Å². The average molecular weight is 364 g/mol. The fourth-order valence-electron chi connectivity index (χ4n) is 2.99. The molecule has 142 valence electrons. The Morgan fingerprint density at radius 3 is 2.19 bits per heavy atom. The van der Waals surface area contributed by atoms with Crippen molar-refractivity contribution in [3.05, 3.63) is 65.7 Å². The van der Waals surface area contributed by atoms with Gasteiger partial charge in [0.2, 0.25) is 0 Å². The highest BCUT2D eigenvalue weighted by Crippen LogP contribution is 2.38. The van der Waals surface area contributed by atoms with E-state index in [9.17, 15) is 13.2 Å². The van der Waals surface area contributed by atoms with Crippen LogP contribution in [-0.2, 0) is 6.42 Å². The zero-order valence-corrected chi connectivity index (χ0v) is 15.3. The molecule has 0 aliphatic rings. The summed E-state index contributed by atoms with van der Waals surface area (Å²) in [6.45, 7) is 2.85. The van der Waals surface area contributed by atoms with Crippen molar-refractivity contribution in [3.63, 3.8) is 0 Å². The predicted molar refractivity (Wildman–Crippen MR) is 99.6 cm³/mol. The standard InChI is InChI=1S/C22H27F3O/c1-2-3-4-8-17-26-20-14-11-18(12-15-20)13-16-21(22(23,24)25)19-9-6-5-7-10-19/h5-7,9-12,14-15,21H,2-4,8,13,16-17H2,1H3. The van der Waals surface area contributed by atoms with Gasteiger partial charge in [-0.25, -0.2) is 0 Å². The molecule has 1 nitrogen and oxygen atoms in total. The van der Waals surface area contributed by atoms with Crippen molar-refractivity contribution in [3.8, 4) is 5.75 Å². The molecule has 0 heterocycles. The maximum atomic E-state index is 13.4. The van der Waals surface area contributed by atoms with Crippen molar-refractivity contribution in [2.75, 3.05) is 6.61 Å². The molecule has 2 aromatic rings. The summed E-state index contributed by atoms with van der Waals surface area (Å²) in [5.41, 5.74) is 1.22. The molecule has 0 saturated carbocycles. The van der Waals surface area contributed by atoms with Crippen molar-refractivity contribution in [2.24, 2.45) is 0 Å². The molecule has 0 spiro atoms. The Morgan fingerprint density at radius 1 is 0.885 bits per heavy atom. The van der Waals surface area contributed by atoms with Crippen LogP contribution in [0.3, 0.4) is 0 Å². The van der Waals surface area contributed by atoms with Gasteiger partial charge in [-0.15, -0.1) is 0 Å². The average Bonchev–Trinajstić information content (AvgIpc) is 2.63. The Hall–Kier alpha value is -1.97. The number of benzene rings is 2. The van der Waals surface area contributed by atoms with Crippen molar-refractivity contribution in [1.82, 2.24) is 0 Å². The van der Waals surface area contributed by atoms with Gasteiger partial charge in [0.25, 0.3) is 0 Å². The number of alkyl halides is 3. The Bertz CT molecular complexity index is 620. The molecule has 4 heteroatoms. The number of ether oxygens (including phenoxy) is 1. The lowest BCUT2D eigenvalue weighted by Crippen LogP contribution is -2.21. The first kappa shape index (κ1) is 20.3. The van der Waals surface area contributed by atoms with E-state index in [1.807, 2.05) is 24.3 Å². The summed E-state index contributed by atoms with van der Waals surface area (Å²) in [6.07, 6.45) is 0.789. The van der Waals surface area contributed by atoms with Crippen LogP contribution in [0.5, 0.6) is 5.75 Å². The number of halogens is 3. The molecule has 0 amide bonds. The lowest BCUT2D eigenvalue weighted by molar-refractivity contribution is -0.151. The molecule has 0 aliphatic heterocycles. The van der Waals surface area contributed by atoms with Crippen molar-refractivity contribution in [2.45, 2.75) is 57.5 Å². The number of hydrogen-bond acceptors (Lipinski definition) is 1. The first-order valence-corrected chi connectivity index (χ1v) is 9.34. The van der Waals surface area contributed by atoms with E-state index in [1.165, 1.54) is 12.8 Å². The predicted octanol–water partition coefficient (Wildman–Crippen LogP) is 6.92. The van der Waals surface area contributed by atoms with Gasteiger partial charge in [-0.2, -0.15) is 13.2 Å². The molecular weight excluding hydrogens is 337 g/mol. The molecule has 0 aliphatic carbocycles. The minimum atomic E-state index is -4.23. The first-order valence-electron chi connectivity index (χ1n) is 9.34. The molecule has 0 bridgehead atoms. The van der Waals surface area contributed by atoms with Crippen molar-refractivity contribution >= 4 is 0 Å². The molecule has 0 fully saturated rings. The van der Waals surface area contributed by atoms with Gasteiger partial charge in [0.1, 0.15) is 5.75 Å². The maximum Gasteiger partial charge on any atom is 0.395 e. The molecule has 26 heavy (non-hydrogen) atoms. The molecule has 2 aromatic carbocycles. The first-order chi connectivity index (χ1) is 12.5. The summed E-state index contributed by atoms with van der Waals surface area (Å²) in [6, 6.07) is 15.6. The van der Waals surface area contributed by atoms with Crippen LogP contribution in [0.4, 0.5) is 13.2 Å². The minimum absolute atomic E-state index is 0.0464. The second kappa shape index (κ2) is 10.2. The van der Waals surface area contributed by atoms with E-state index in [4.69, 9.17) is 4.74 Å². The van der Waals surface area contributed by atoms with E-state index in [0.29, 0.717) is 18.6 Å². The van der Waals surface area contributed by atoms with Crippen LogP contribution in [0.25, 0.3) is 0 Å². The molecule has 1 atom stereocenters. The molecular formula is C22H27F3O. The SMILES string of the molecule is CCCCCCOc1ccc(CCC(c2ccccc2)C(F)(F)F)cc1. The van der Waals surface area contributed by atoms with Gasteiger partial charge in [0.15, 0.2) is 0 Å². The lowest BCUT2D eigenvalue weighted by Gasteiger charge is -2.20. The van der Waals surface area contributed by atoms with Gasteiger partial charge >= 0.3 is 6.18 Å². The van der Waals surface area contributed by atoms with Gasteiger partial charge in [0.05, 0.1) is 12.5 Å². The highest BCUT2D eigenvalue weighted by atomic mass is 19.4. The smallest absolute Gasteiger partial charge is 0.395 e. The molecule has 0 N–H and O–H groups in total. The van der Waals surface area contributed by atoms with Crippen molar-refractivity contribution < 1.29 is 17.9 Å². The monoisotopic (exact) mass is 364 g/mol. The van der Waals surface area contributed by atoms with E-state index in [1.54, 1.807) is 30.3 Å². The van der Waals surface area contributed by atoms with E-state index >= 15 is 0 Å². The highest BCUT2D eigenvalue weighted by Gasteiger charge is 2.39. The molecule has 0 aromatic heterocycles. The summed E-state index contributed by atoms with van der Waals surface area (Å²) in [5, 5.41) is 0. The zero-order valence-electron chi connectivity index (χ0n) is 15.3. The number of rotatable bonds is 10.